The minimum absolute atomic E-state index is 0.216. The molecule has 82 valence electrons. The van der Waals surface area contributed by atoms with Gasteiger partial charge < -0.3 is 10.8 Å². The third-order valence-corrected chi connectivity index (χ3v) is 2.48. The molecule has 0 aliphatic carbocycles. The van der Waals surface area contributed by atoms with Crippen LogP contribution < -0.4 is 5.73 Å². The molecule has 0 bridgehead atoms. The maximum Gasteiger partial charge on any atom is 0.320 e. The van der Waals surface area contributed by atoms with Crippen LogP contribution in [0.2, 0.25) is 0 Å². The monoisotopic (exact) mass is 275 g/mol. The topological polar surface area (TPSA) is 63.3 Å². The highest BCUT2D eigenvalue weighted by atomic mass is 79.9. The zero-order valence-corrected chi connectivity index (χ0v) is 9.45. The Kier molecular flexibility index (Phi) is 4.23. The van der Waals surface area contributed by atoms with E-state index in [0.29, 0.717) is 5.56 Å². The van der Waals surface area contributed by atoms with Crippen LogP contribution >= 0.6 is 15.9 Å². The smallest absolute Gasteiger partial charge is 0.320 e. The van der Waals surface area contributed by atoms with E-state index in [1.807, 2.05) is 0 Å². The summed E-state index contributed by atoms with van der Waals surface area (Å²) in [6.45, 7) is 0. The Labute approximate surface area is 95.2 Å². The van der Waals surface area contributed by atoms with Crippen LogP contribution in [0.5, 0.6) is 0 Å². The molecule has 5 heteroatoms. The largest absolute Gasteiger partial charge is 0.480 e. The molecule has 0 heterocycles. The molecule has 1 aromatic carbocycles. The Bertz CT molecular complexity index is 359. The summed E-state index contributed by atoms with van der Waals surface area (Å²) in [7, 11) is 0. The average molecular weight is 276 g/mol. The van der Waals surface area contributed by atoms with Crippen molar-refractivity contribution in [2.75, 3.05) is 0 Å². The van der Waals surface area contributed by atoms with Gasteiger partial charge in [-0.15, -0.1) is 0 Å². The van der Waals surface area contributed by atoms with Gasteiger partial charge >= 0.3 is 5.97 Å². The van der Waals surface area contributed by atoms with Crippen LogP contribution in [0.25, 0.3) is 0 Å². The number of hydrogen-bond acceptors (Lipinski definition) is 2. The van der Waals surface area contributed by atoms with E-state index in [-0.39, 0.29) is 6.42 Å². The van der Waals surface area contributed by atoms with E-state index in [2.05, 4.69) is 15.9 Å². The second-order valence-electron chi connectivity index (χ2n) is 3.20. The van der Waals surface area contributed by atoms with Gasteiger partial charge in [0.25, 0.3) is 0 Å². The lowest BCUT2D eigenvalue weighted by atomic mass is 10.0. The molecule has 3 N–H and O–H groups in total. The molecule has 0 fully saturated rings. The third kappa shape index (κ3) is 3.60. The Morgan fingerprint density at radius 2 is 2.27 bits per heavy atom. The number of carboxylic acid groups (broad SMARTS) is 1. The molecule has 0 spiro atoms. The van der Waals surface area contributed by atoms with Crippen molar-refractivity contribution in [3.05, 3.63) is 34.3 Å². The SMILES string of the molecule is NC(CC(F)c1cccc(Br)c1)C(=O)O. The molecular formula is C10H11BrFNO2. The van der Waals surface area contributed by atoms with E-state index >= 15 is 0 Å². The summed E-state index contributed by atoms with van der Waals surface area (Å²) in [5, 5.41) is 8.53. The van der Waals surface area contributed by atoms with Gasteiger partial charge in [0, 0.05) is 10.9 Å². The van der Waals surface area contributed by atoms with Crippen molar-refractivity contribution in [1.82, 2.24) is 0 Å². The normalized spacial score (nSPS) is 14.6. The summed E-state index contributed by atoms with van der Waals surface area (Å²) >= 11 is 3.21. The molecule has 0 aliphatic heterocycles. The summed E-state index contributed by atoms with van der Waals surface area (Å²) in [5.74, 6) is -1.19. The summed E-state index contributed by atoms with van der Waals surface area (Å²) in [5.41, 5.74) is 5.67. The quantitative estimate of drug-likeness (QED) is 0.886. The number of aliphatic carboxylic acids is 1. The molecule has 1 aromatic rings. The first-order valence-corrected chi connectivity index (χ1v) is 5.18. The number of halogens is 2. The molecule has 0 aromatic heterocycles. The summed E-state index contributed by atoms with van der Waals surface area (Å²) in [6.07, 6.45) is -1.57. The van der Waals surface area contributed by atoms with Gasteiger partial charge in [-0.05, 0) is 17.7 Å². The van der Waals surface area contributed by atoms with Gasteiger partial charge in [0.15, 0.2) is 0 Å². The highest BCUT2D eigenvalue weighted by molar-refractivity contribution is 9.10. The standard InChI is InChI=1S/C10H11BrFNO2/c11-7-3-1-2-6(4-7)8(12)5-9(13)10(14)15/h1-4,8-9H,5,13H2,(H,14,15). The Morgan fingerprint density at radius 1 is 1.60 bits per heavy atom. The Balaban J connectivity index is 2.68. The van der Waals surface area contributed by atoms with Crippen LogP contribution in [0.15, 0.2) is 28.7 Å². The molecule has 0 amide bonds. The molecule has 0 aliphatic rings. The molecule has 3 nitrogen and oxygen atoms in total. The third-order valence-electron chi connectivity index (χ3n) is 1.99. The summed E-state index contributed by atoms with van der Waals surface area (Å²) in [6, 6.07) is 5.51. The number of benzene rings is 1. The summed E-state index contributed by atoms with van der Waals surface area (Å²) in [4.78, 5) is 10.4. The Morgan fingerprint density at radius 3 is 2.80 bits per heavy atom. The van der Waals surface area contributed by atoms with Crippen molar-refractivity contribution < 1.29 is 14.3 Å². The van der Waals surface area contributed by atoms with Crippen molar-refractivity contribution in [1.29, 1.82) is 0 Å². The first-order chi connectivity index (χ1) is 7.00. The lowest BCUT2D eigenvalue weighted by molar-refractivity contribution is -0.139. The van der Waals surface area contributed by atoms with Crippen LogP contribution in [0.1, 0.15) is 18.2 Å². The van der Waals surface area contributed by atoms with E-state index in [0.717, 1.165) is 4.47 Å². The van der Waals surface area contributed by atoms with Gasteiger partial charge in [0.05, 0.1) is 0 Å². The van der Waals surface area contributed by atoms with E-state index < -0.39 is 18.2 Å². The maximum atomic E-state index is 13.6. The van der Waals surface area contributed by atoms with Crippen molar-refractivity contribution in [3.8, 4) is 0 Å². The minimum atomic E-state index is -1.35. The van der Waals surface area contributed by atoms with E-state index in [4.69, 9.17) is 10.8 Å². The van der Waals surface area contributed by atoms with Gasteiger partial charge in [-0.2, -0.15) is 0 Å². The zero-order chi connectivity index (χ0) is 11.4. The molecule has 15 heavy (non-hydrogen) atoms. The van der Waals surface area contributed by atoms with Crippen molar-refractivity contribution in [2.24, 2.45) is 5.73 Å². The van der Waals surface area contributed by atoms with Crippen LogP contribution in [-0.2, 0) is 4.79 Å². The molecule has 0 saturated heterocycles. The first-order valence-electron chi connectivity index (χ1n) is 4.38. The molecule has 1 rings (SSSR count). The lowest BCUT2D eigenvalue weighted by Gasteiger charge is -2.11. The number of alkyl halides is 1. The number of rotatable bonds is 4. The molecule has 0 radical (unpaired) electrons. The van der Waals surface area contributed by atoms with E-state index in [1.165, 1.54) is 0 Å². The zero-order valence-electron chi connectivity index (χ0n) is 7.86. The lowest BCUT2D eigenvalue weighted by Crippen LogP contribution is -2.31. The van der Waals surface area contributed by atoms with Crippen LogP contribution in [0, 0.1) is 0 Å². The average Bonchev–Trinajstić information content (AvgIpc) is 2.17. The van der Waals surface area contributed by atoms with Crippen molar-refractivity contribution >= 4 is 21.9 Å². The van der Waals surface area contributed by atoms with Gasteiger partial charge in [-0.1, -0.05) is 28.1 Å². The van der Waals surface area contributed by atoms with Crippen molar-refractivity contribution in [3.63, 3.8) is 0 Å². The fourth-order valence-electron chi connectivity index (χ4n) is 1.16. The fourth-order valence-corrected chi connectivity index (χ4v) is 1.58. The summed E-state index contributed by atoms with van der Waals surface area (Å²) < 4.78 is 14.3. The van der Waals surface area contributed by atoms with Gasteiger partial charge in [-0.25, -0.2) is 4.39 Å². The van der Waals surface area contributed by atoms with Crippen LogP contribution in [0.4, 0.5) is 4.39 Å². The minimum Gasteiger partial charge on any atom is -0.480 e. The highest BCUT2D eigenvalue weighted by Gasteiger charge is 2.19. The van der Waals surface area contributed by atoms with Crippen molar-refractivity contribution in [2.45, 2.75) is 18.6 Å². The number of carboxylic acids is 1. The van der Waals surface area contributed by atoms with E-state index in [1.54, 1.807) is 24.3 Å². The predicted molar refractivity (Wildman–Crippen MR) is 58.2 cm³/mol. The molecule has 2 atom stereocenters. The number of hydrogen-bond donors (Lipinski definition) is 2. The number of nitrogens with two attached hydrogens (primary N) is 1. The fraction of sp³-hybridized carbons (Fsp3) is 0.300. The second-order valence-corrected chi connectivity index (χ2v) is 4.12. The first kappa shape index (κ1) is 12.1. The molecular weight excluding hydrogens is 265 g/mol. The van der Waals surface area contributed by atoms with Gasteiger partial charge in [0.1, 0.15) is 12.2 Å². The van der Waals surface area contributed by atoms with E-state index in [9.17, 15) is 9.18 Å². The highest BCUT2D eigenvalue weighted by Crippen LogP contribution is 2.24. The van der Waals surface area contributed by atoms with Crippen LogP contribution in [-0.4, -0.2) is 17.1 Å². The molecule has 0 saturated carbocycles. The van der Waals surface area contributed by atoms with Gasteiger partial charge in [-0.3, -0.25) is 4.79 Å². The molecule has 2 unspecified atom stereocenters. The Hall–Kier alpha value is -0.940. The predicted octanol–water partition coefficient (Wildman–Crippen LogP) is 2.26. The maximum absolute atomic E-state index is 13.6. The van der Waals surface area contributed by atoms with Crippen LogP contribution in [0.3, 0.4) is 0 Å². The second kappa shape index (κ2) is 5.23. The number of carbonyl (C=O) groups is 1. The van der Waals surface area contributed by atoms with Gasteiger partial charge in [0.2, 0.25) is 0 Å².